The summed E-state index contributed by atoms with van der Waals surface area (Å²) in [5.74, 6) is 2.55. The highest BCUT2D eigenvalue weighted by atomic mass is 32.2. The lowest BCUT2D eigenvalue weighted by molar-refractivity contribution is 1.45. The van der Waals surface area contributed by atoms with Gasteiger partial charge in [-0.15, -0.1) is 11.8 Å². The van der Waals surface area contributed by atoms with Gasteiger partial charge in [-0.1, -0.05) is 0 Å². The average molecular weight is 191 g/mol. The van der Waals surface area contributed by atoms with Crippen molar-refractivity contribution >= 4 is 42.7 Å². The summed E-state index contributed by atoms with van der Waals surface area (Å²) >= 11 is 10.1. The normalized spacial score (nSPS) is 18.2. The van der Waals surface area contributed by atoms with Gasteiger partial charge in [0.1, 0.15) is 0 Å². The number of hydrogen-bond donors (Lipinski definition) is 2. The first-order valence-electron chi connectivity index (χ1n) is 2.96. The summed E-state index contributed by atoms with van der Waals surface area (Å²) < 4.78 is 0. The molecule has 56 valence electrons. The second kappa shape index (κ2) is 4.36. The molecule has 0 bridgehead atoms. The van der Waals surface area contributed by atoms with Crippen molar-refractivity contribution in [2.75, 3.05) is 17.3 Å². The van der Waals surface area contributed by atoms with Crippen LogP contribution in [0.4, 0.5) is 0 Å². The quantitative estimate of drug-likeness (QED) is 0.635. The first-order valence-corrected chi connectivity index (χ1v) is 5.21. The zero-order valence-electron chi connectivity index (χ0n) is 5.45. The first-order chi connectivity index (χ1) is 4.86. The van der Waals surface area contributed by atoms with E-state index in [4.69, 9.17) is 0 Å². The lowest BCUT2D eigenvalue weighted by atomic mass is 10.5. The molecule has 0 atom stereocenters. The van der Waals surface area contributed by atoms with Crippen LogP contribution in [-0.2, 0) is 0 Å². The summed E-state index contributed by atoms with van der Waals surface area (Å²) in [7, 11) is 0. The Bertz CT molecular complexity index is 154. The first kappa shape index (κ1) is 8.56. The standard InChI is InChI=1S/C6H9NS3/c8-2-5-4-10-6(3-9)1-7-5/h1,8-9H,2-4H2. The van der Waals surface area contributed by atoms with Crippen molar-refractivity contribution in [2.45, 2.75) is 0 Å². The molecular formula is C6H9NS3. The van der Waals surface area contributed by atoms with Gasteiger partial charge in [0.25, 0.3) is 0 Å². The Labute approximate surface area is 76.2 Å². The lowest BCUT2D eigenvalue weighted by Gasteiger charge is -2.08. The van der Waals surface area contributed by atoms with Gasteiger partial charge >= 0.3 is 0 Å². The Hall–Kier alpha value is 0.460. The lowest BCUT2D eigenvalue weighted by Crippen LogP contribution is -2.06. The van der Waals surface area contributed by atoms with Crippen LogP contribution in [0.5, 0.6) is 0 Å². The minimum atomic E-state index is 0.767. The Balaban J connectivity index is 2.55. The molecule has 0 N–H and O–H groups in total. The number of thioether (sulfide) groups is 1. The van der Waals surface area contributed by atoms with Gasteiger partial charge in [0.2, 0.25) is 0 Å². The zero-order chi connectivity index (χ0) is 7.40. The summed E-state index contributed by atoms with van der Waals surface area (Å²) in [4.78, 5) is 5.45. The second-order valence-corrected chi connectivity index (χ2v) is 3.63. The van der Waals surface area contributed by atoms with Crippen LogP contribution in [0.2, 0.25) is 0 Å². The molecule has 0 radical (unpaired) electrons. The van der Waals surface area contributed by atoms with Crippen molar-refractivity contribution in [1.29, 1.82) is 0 Å². The Morgan fingerprint density at radius 3 is 2.70 bits per heavy atom. The summed E-state index contributed by atoms with van der Waals surface area (Å²) in [6.45, 7) is 0. The summed E-state index contributed by atoms with van der Waals surface area (Å²) in [5, 5.41) is 0. The topological polar surface area (TPSA) is 12.4 Å². The maximum absolute atomic E-state index is 4.21. The van der Waals surface area contributed by atoms with E-state index < -0.39 is 0 Å². The van der Waals surface area contributed by atoms with E-state index in [0.29, 0.717) is 0 Å². The molecule has 0 saturated carbocycles. The summed E-state index contributed by atoms with van der Waals surface area (Å²) in [6.07, 6.45) is 1.88. The molecule has 0 fully saturated rings. The highest BCUT2D eigenvalue weighted by molar-refractivity contribution is 8.04. The predicted molar refractivity (Wildman–Crippen MR) is 55.7 cm³/mol. The van der Waals surface area contributed by atoms with Gasteiger partial charge < -0.3 is 0 Å². The molecule has 0 aromatic rings. The van der Waals surface area contributed by atoms with Crippen molar-refractivity contribution in [3.8, 4) is 0 Å². The monoisotopic (exact) mass is 191 g/mol. The van der Waals surface area contributed by atoms with E-state index in [-0.39, 0.29) is 0 Å². The molecule has 0 amide bonds. The number of rotatable bonds is 2. The fraction of sp³-hybridized carbons (Fsp3) is 0.500. The van der Waals surface area contributed by atoms with E-state index in [1.165, 1.54) is 4.91 Å². The van der Waals surface area contributed by atoms with Crippen molar-refractivity contribution in [2.24, 2.45) is 4.99 Å². The molecule has 0 aromatic carbocycles. The van der Waals surface area contributed by atoms with Crippen molar-refractivity contribution in [1.82, 2.24) is 0 Å². The van der Waals surface area contributed by atoms with Gasteiger partial charge in [0, 0.05) is 34.1 Å². The van der Waals surface area contributed by atoms with Crippen LogP contribution in [0.3, 0.4) is 0 Å². The molecule has 0 saturated heterocycles. The second-order valence-electron chi connectivity index (χ2n) is 1.90. The molecule has 0 aromatic heterocycles. The van der Waals surface area contributed by atoms with Gasteiger partial charge in [0.15, 0.2) is 0 Å². The van der Waals surface area contributed by atoms with E-state index in [0.717, 1.165) is 23.0 Å². The molecule has 1 rings (SSSR count). The molecule has 1 aliphatic rings. The van der Waals surface area contributed by atoms with Crippen LogP contribution in [-0.4, -0.2) is 23.0 Å². The SMILES string of the molecule is SCC1=CN=C(CS)CS1. The van der Waals surface area contributed by atoms with Crippen LogP contribution in [0.25, 0.3) is 0 Å². The minimum Gasteiger partial charge on any atom is -0.263 e. The minimum absolute atomic E-state index is 0.767. The van der Waals surface area contributed by atoms with E-state index in [1.54, 1.807) is 11.8 Å². The van der Waals surface area contributed by atoms with Crippen molar-refractivity contribution in [3.63, 3.8) is 0 Å². The molecule has 0 spiro atoms. The third-order valence-corrected chi connectivity index (χ3v) is 3.17. The number of aliphatic imine (C=N–C) groups is 1. The van der Waals surface area contributed by atoms with Crippen LogP contribution in [0.15, 0.2) is 16.1 Å². The number of nitrogens with zero attached hydrogens (tertiary/aromatic N) is 1. The fourth-order valence-corrected chi connectivity index (χ4v) is 2.03. The van der Waals surface area contributed by atoms with E-state index in [1.807, 2.05) is 6.20 Å². The largest absolute Gasteiger partial charge is 0.263 e. The Morgan fingerprint density at radius 1 is 1.50 bits per heavy atom. The van der Waals surface area contributed by atoms with Gasteiger partial charge in [0.05, 0.1) is 0 Å². The third kappa shape index (κ3) is 2.25. The van der Waals surface area contributed by atoms with Crippen LogP contribution in [0, 0.1) is 0 Å². The molecule has 1 aliphatic heterocycles. The molecule has 10 heavy (non-hydrogen) atoms. The molecule has 4 heteroatoms. The zero-order valence-corrected chi connectivity index (χ0v) is 8.05. The van der Waals surface area contributed by atoms with Gasteiger partial charge in [-0.3, -0.25) is 4.99 Å². The predicted octanol–water partition coefficient (Wildman–Crippen LogP) is 1.88. The van der Waals surface area contributed by atoms with Gasteiger partial charge in [-0.05, 0) is 0 Å². The van der Waals surface area contributed by atoms with Crippen LogP contribution < -0.4 is 0 Å². The van der Waals surface area contributed by atoms with Crippen molar-refractivity contribution in [3.05, 3.63) is 11.1 Å². The van der Waals surface area contributed by atoms with E-state index >= 15 is 0 Å². The smallest absolute Gasteiger partial charge is 0.0378 e. The van der Waals surface area contributed by atoms with Crippen LogP contribution in [0.1, 0.15) is 0 Å². The highest BCUT2D eigenvalue weighted by Crippen LogP contribution is 2.21. The molecule has 1 nitrogen and oxygen atoms in total. The third-order valence-electron chi connectivity index (χ3n) is 1.15. The maximum atomic E-state index is 4.21. The highest BCUT2D eigenvalue weighted by Gasteiger charge is 2.04. The Morgan fingerprint density at radius 2 is 2.30 bits per heavy atom. The Kier molecular flexibility index (Phi) is 3.73. The molecular weight excluding hydrogens is 182 g/mol. The van der Waals surface area contributed by atoms with Gasteiger partial charge in [-0.25, -0.2) is 0 Å². The molecule has 0 unspecified atom stereocenters. The maximum Gasteiger partial charge on any atom is 0.0378 e. The average Bonchev–Trinajstić information content (AvgIpc) is 2.05. The number of hydrogen-bond acceptors (Lipinski definition) is 4. The molecule has 0 aliphatic carbocycles. The van der Waals surface area contributed by atoms with Crippen LogP contribution >= 0.6 is 37.0 Å². The fourth-order valence-electron chi connectivity index (χ4n) is 0.587. The van der Waals surface area contributed by atoms with E-state index in [9.17, 15) is 0 Å². The molecule has 1 heterocycles. The van der Waals surface area contributed by atoms with Crippen molar-refractivity contribution < 1.29 is 0 Å². The van der Waals surface area contributed by atoms with Gasteiger partial charge in [-0.2, -0.15) is 25.3 Å². The van der Waals surface area contributed by atoms with E-state index in [2.05, 4.69) is 30.2 Å². The summed E-state index contributed by atoms with van der Waals surface area (Å²) in [6, 6.07) is 0. The summed E-state index contributed by atoms with van der Waals surface area (Å²) in [5.41, 5.74) is 1.15. The number of thiol groups is 2.